The molecule has 0 atom stereocenters. The molecule has 1 heterocycles. The van der Waals surface area contributed by atoms with E-state index in [0.717, 1.165) is 0 Å². The SMILES string of the molecule is CCCCCC[n+]1cccc(CCC)c1.CS(=O)(=O)O. The first kappa shape index (κ1) is 19.1. The Morgan fingerprint density at radius 1 is 1.15 bits per heavy atom. The summed E-state index contributed by atoms with van der Waals surface area (Å²) in [4.78, 5) is 0. The van der Waals surface area contributed by atoms with Crippen molar-refractivity contribution in [1.29, 1.82) is 0 Å². The number of hydrogen-bond acceptors (Lipinski definition) is 2. The summed E-state index contributed by atoms with van der Waals surface area (Å²) in [6.07, 6.45) is 13.0. The molecule has 1 aromatic heterocycles. The van der Waals surface area contributed by atoms with E-state index in [9.17, 15) is 8.42 Å². The molecule has 1 N–H and O–H groups in total. The highest BCUT2D eigenvalue weighted by Gasteiger charge is 2.01. The molecule has 0 saturated carbocycles. The maximum Gasteiger partial charge on any atom is 0.261 e. The third kappa shape index (κ3) is 13.5. The molecule has 20 heavy (non-hydrogen) atoms. The average Bonchev–Trinajstić information content (AvgIpc) is 2.34. The number of rotatable bonds is 7. The van der Waals surface area contributed by atoms with Gasteiger partial charge >= 0.3 is 0 Å². The molecule has 0 aliphatic carbocycles. The van der Waals surface area contributed by atoms with Gasteiger partial charge in [0.05, 0.1) is 6.26 Å². The smallest absolute Gasteiger partial charge is 0.261 e. The van der Waals surface area contributed by atoms with Crippen LogP contribution in [0, 0.1) is 0 Å². The van der Waals surface area contributed by atoms with Crippen LogP contribution in [0.3, 0.4) is 0 Å². The lowest BCUT2D eigenvalue weighted by molar-refractivity contribution is -0.697. The van der Waals surface area contributed by atoms with Crippen LogP contribution in [0.15, 0.2) is 24.5 Å². The van der Waals surface area contributed by atoms with Gasteiger partial charge in [-0.1, -0.05) is 33.1 Å². The fourth-order valence-electron chi connectivity index (χ4n) is 1.87. The Morgan fingerprint density at radius 3 is 2.35 bits per heavy atom. The molecule has 0 saturated heterocycles. The van der Waals surface area contributed by atoms with Crippen LogP contribution in [0.2, 0.25) is 0 Å². The summed E-state index contributed by atoms with van der Waals surface area (Å²) in [5, 5.41) is 0. The summed E-state index contributed by atoms with van der Waals surface area (Å²) in [7, 11) is -3.67. The standard InChI is InChI=1S/C14H24N.CH4O3S/c1-3-5-6-7-11-15-12-8-10-14(13-15)9-4-2;1-5(2,3)4/h8,10,12-13H,3-7,9,11H2,1-2H3;1H3,(H,2,3,4)/q+1;. The van der Waals surface area contributed by atoms with Gasteiger partial charge in [0.2, 0.25) is 0 Å². The number of nitrogens with zero attached hydrogens (tertiary/aromatic N) is 1. The third-order valence-corrected chi connectivity index (χ3v) is 2.73. The van der Waals surface area contributed by atoms with E-state index in [4.69, 9.17) is 4.55 Å². The average molecular weight is 302 g/mol. The minimum Gasteiger partial charge on any atom is -0.286 e. The first-order valence-electron chi connectivity index (χ1n) is 7.27. The van der Waals surface area contributed by atoms with Gasteiger partial charge in [-0.05, 0) is 18.9 Å². The topological polar surface area (TPSA) is 58.2 Å². The zero-order valence-electron chi connectivity index (χ0n) is 12.9. The Labute approximate surface area is 123 Å². The second-order valence-electron chi connectivity index (χ2n) is 4.99. The number of hydrogen-bond donors (Lipinski definition) is 1. The minimum absolute atomic E-state index is 0.715. The lowest BCUT2D eigenvalue weighted by atomic mass is 10.1. The van der Waals surface area contributed by atoms with Crippen molar-refractivity contribution >= 4 is 10.1 Å². The number of aryl methyl sites for hydroxylation is 2. The van der Waals surface area contributed by atoms with E-state index in [1.165, 1.54) is 50.6 Å². The van der Waals surface area contributed by atoms with Crippen LogP contribution in [0.5, 0.6) is 0 Å². The van der Waals surface area contributed by atoms with E-state index in [2.05, 4.69) is 42.9 Å². The third-order valence-electron chi connectivity index (χ3n) is 2.73. The fraction of sp³-hybridized carbons (Fsp3) is 0.667. The van der Waals surface area contributed by atoms with Crippen molar-refractivity contribution < 1.29 is 17.5 Å². The lowest BCUT2D eigenvalue weighted by Gasteiger charge is -1.99. The first-order valence-corrected chi connectivity index (χ1v) is 9.12. The van der Waals surface area contributed by atoms with Gasteiger partial charge in [0.15, 0.2) is 12.4 Å². The van der Waals surface area contributed by atoms with Crippen molar-refractivity contribution in [2.24, 2.45) is 0 Å². The Kier molecular flexibility index (Phi) is 10.3. The van der Waals surface area contributed by atoms with Crippen LogP contribution < -0.4 is 4.57 Å². The summed E-state index contributed by atoms with van der Waals surface area (Å²) in [5.41, 5.74) is 1.47. The van der Waals surface area contributed by atoms with Gasteiger partial charge in [0, 0.05) is 18.1 Å². The largest absolute Gasteiger partial charge is 0.286 e. The molecular formula is C15H28NO3S+. The van der Waals surface area contributed by atoms with Gasteiger partial charge in [-0.2, -0.15) is 8.42 Å². The van der Waals surface area contributed by atoms with Crippen LogP contribution in [0.1, 0.15) is 51.5 Å². The van der Waals surface area contributed by atoms with E-state index in [-0.39, 0.29) is 0 Å². The van der Waals surface area contributed by atoms with Crippen LogP contribution >= 0.6 is 0 Å². The first-order chi connectivity index (χ1) is 9.36. The second kappa shape index (κ2) is 10.8. The highest BCUT2D eigenvalue weighted by atomic mass is 32.2. The molecule has 5 heteroatoms. The van der Waals surface area contributed by atoms with Crippen molar-refractivity contribution in [3.8, 4) is 0 Å². The van der Waals surface area contributed by atoms with E-state index >= 15 is 0 Å². The Bertz CT molecular complexity index is 450. The molecule has 116 valence electrons. The van der Waals surface area contributed by atoms with Crippen molar-refractivity contribution in [3.63, 3.8) is 0 Å². The van der Waals surface area contributed by atoms with Crippen molar-refractivity contribution in [3.05, 3.63) is 30.1 Å². The predicted molar refractivity (Wildman–Crippen MR) is 82.2 cm³/mol. The molecule has 0 bridgehead atoms. The molecule has 4 nitrogen and oxygen atoms in total. The zero-order valence-corrected chi connectivity index (χ0v) is 13.7. The molecular weight excluding hydrogens is 274 g/mol. The van der Waals surface area contributed by atoms with Gasteiger partial charge in [0.25, 0.3) is 10.1 Å². The molecule has 0 aliphatic heterocycles. The van der Waals surface area contributed by atoms with Gasteiger partial charge in [-0.25, -0.2) is 4.57 Å². The second-order valence-corrected chi connectivity index (χ2v) is 6.46. The van der Waals surface area contributed by atoms with Crippen LogP contribution in [-0.4, -0.2) is 19.2 Å². The van der Waals surface area contributed by atoms with Crippen molar-refractivity contribution in [1.82, 2.24) is 0 Å². The van der Waals surface area contributed by atoms with E-state index < -0.39 is 10.1 Å². The molecule has 0 radical (unpaired) electrons. The van der Waals surface area contributed by atoms with Crippen LogP contribution in [0.25, 0.3) is 0 Å². The number of pyridine rings is 1. The summed E-state index contributed by atoms with van der Waals surface area (Å²) in [6.45, 7) is 5.67. The maximum atomic E-state index is 9.19. The zero-order chi connectivity index (χ0) is 15.4. The predicted octanol–water partition coefficient (Wildman–Crippen LogP) is 3.01. The summed E-state index contributed by atoms with van der Waals surface area (Å²) in [5.74, 6) is 0. The maximum absolute atomic E-state index is 9.19. The van der Waals surface area contributed by atoms with E-state index in [1.807, 2.05) is 0 Å². The minimum atomic E-state index is -3.67. The molecule has 0 spiro atoms. The number of aromatic nitrogens is 1. The molecule has 0 amide bonds. The van der Waals surface area contributed by atoms with Crippen LogP contribution in [-0.2, 0) is 23.1 Å². The molecule has 0 fully saturated rings. The summed E-state index contributed by atoms with van der Waals surface area (Å²) < 4.78 is 28.2. The number of unbranched alkanes of at least 4 members (excludes halogenated alkanes) is 3. The lowest BCUT2D eigenvalue weighted by Crippen LogP contribution is -2.33. The normalized spacial score (nSPS) is 10.8. The summed E-state index contributed by atoms with van der Waals surface area (Å²) in [6, 6.07) is 4.40. The van der Waals surface area contributed by atoms with Crippen molar-refractivity contribution in [2.45, 2.75) is 58.9 Å². The van der Waals surface area contributed by atoms with Gasteiger partial charge in [-0.15, -0.1) is 0 Å². The summed E-state index contributed by atoms with van der Waals surface area (Å²) >= 11 is 0. The molecule has 1 aromatic rings. The van der Waals surface area contributed by atoms with Gasteiger partial charge in [-0.3, -0.25) is 4.55 Å². The molecule has 0 aromatic carbocycles. The quantitative estimate of drug-likeness (QED) is 0.478. The van der Waals surface area contributed by atoms with Crippen molar-refractivity contribution in [2.75, 3.05) is 6.26 Å². The molecule has 1 rings (SSSR count). The Hall–Kier alpha value is -0.940. The van der Waals surface area contributed by atoms with E-state index in [0.29, 0.717) is 6.26 Å². The van der Waals surface area contributed by atoms with Gasteiger partial charge < -0.3 is 0 Å². The van der Waals surface area contributed by atoms with Crippen LogP contribution in [0.4, 0.5) is 0 Å². The highest BCUT2D eigenvalue weighted by Crippen LogP contribution is 2.01. The highest BCUT2D eigenvalue weighted by molar-refractivity contribution is 7.85. The monoisotopic (exact) mass is 302 g/mol. The molecule has 0 unspecified atom stereocenters. The Morgan fingerprint density at radius 2 is 1.80 bits per heavy atom. The Balaban J connectivity index is 0.000000621. The van der Waals surface area contributed by atoms with Gasteiger partial charge in [0.1, 0.15) is 6.54 Å². The molecule has 0 aliphatic rings. The van der Waals surface area contributed by atoms with E-state index in [1.54, 1.807) is 0 Å². The fourth-order valence-corrected chi connectivity index (χ4v) is 1.87.